The van der Waals surface area contributed by atoms with Crippen molar-refractivity contribution in [3.8, 4) is 0 Å². The molecule has 0 fully saturated rings. The number of carbonyl (C=O) groups is 2. The van der Waals surface area contributed by atoms with E-state index in [4.69, 9.17) is 4.74 Å². The zero-order valence-corrected chi connectivity index (χ0v) is 11.9. The molecule has 0 amide bonds. The van der Waals surface area contributed by atoms with Crippen LogP contribution in [-0.4, -0.2) is 35.4 Å². The van der Waals surface area contributed by atoms with Crippen molar-refractivity contribution in [2.45, 2.75) is 13.8 Å². The van der Waals surface area contributed by atoms with E-state index in [1.54, 1.807) is 0 Å². The first kappa shape index (κ1) is 18.5. The standard InChI is InChI=1S/C14H18O7/c1-9(2)13(17)20-7-11(15)5-19-6-12(16)8-21-14(18)10(3)4/h7-8,15-16H,1,3,5-6H2,2,4H3. The fourth-order valence-electron chi connectivity index (χ4n) is 0.772. The molecule has 0 aromatic carbocycles. The highest BCUT2D eigenvalue weighted by Gasteiger charge is 2.04. The SMILES string of the molecule is C=C(C)C(=O)OC=C(O)COCC(O)=COC(=O)C(=C)C. The van der Waals surface area contributed by atoms with E-state index in [2.05, 4.69) is 22.6 Å². The van der Waals surface area contributed by atoms with Crippen molar-refractivity contribution in [2.75, 3.05) is 13.2 Å². The molecule has 0 atom stereocenters. The lowest BCUT2D eigenvalue weighted by atomic mass is 10.4. The lowest BCUT2D eigenvalue weighted by molar-refractivity contribution is -0.134. The average molecular weight is 298 g/mol. The summed E-state index contributed by atoms with van der Waals surface area (Å²) in [5.74, 6) is -2.10. The molecule has 0 aliphatic carbocycles. The smallest absolute Gasteiger partial charge is 0.338 e. The fraction of sp³-hybridized carbons (Fsp3) is 0.286. The molecule has 0 saturated heterocycles. The van der Waals surface area contributed by atoms with E-state index in [1.807, 2.05) is 0 Å². The van der Waals surface area contributed by atoms with Crippen LogP contribution in [0.1, 0.15) is 13.8 Å². The molecule has 0 bridgehead atoms. The van der Waals surface area contributed by atoms with Crippen LogP contribution in [0.15, 0.2) is 48.3 Å². The number of esters is 2. The van der Waals surface area contributed by atoms with E-state index >= 15 is 0 Å². The molecule has 0 heterocycles. The van der Waals surface area contributed by atoms with Gasteiger partial charge in [-0.05, 0) is 13.8 Å². The first-order valence-electron chi connectivity index (χ1n) is 5.80. The monoisotopic (exact) mass is 298 g/mol. The zero-order valence-electron chi connectivity index (χ0n) is 11.9. The maximum atomic E-state index is 11.0. The number of aliphatic hydroxyl groups is 2. The van der Waals surface area contributed by atoms with E-state index in [0.717, 1.165) is 12.5 Å². The molecular formula is C14H18O7. The molecule has 0 aliphatic rings. The van der Waals surface area contributed by atoms with Crippen LogP contribution in [0.25, 0.3) is 0 Å². The van der Waals surface area contributed by atoms with Crippen LogP contribution >= 0.6 is 0 Å². The normalized spacial score (nSPS) is 11.7. The summed E-state index contributed by atoms with van der Waals surface area (Å²) < 4.78 is 14.0. The number of hydrogen-bond acceptors (Lipinski definition) is 7. The van der Waals surface area contributed by atoms with Crippen LogP contribution in [0.5, 0.6) is 0 Å². The van der Waals surface area contributed by atoms with Gasteiger partial charge in [-0.3, -0.25) is 0 Å². The summed E-state index contributed by atoms with van der Waals surface area (Å²) >= 11 is 0. The van der Waals surface area contributed by atoms with E-state index in [0.29, 0.717) is 0 Å². The zero-order chi connectivity index (χ0) is 16.4. The Morgan fingerprint density at radius 1 is 0.905 bits per heavy atom. The second-order valence-corrected chi connectivity index (χ2v) is 4.08. The molecule has 0 aliphatic heterocycles. The topological polar surface area (TPSA) is 102 Å². The molecule has 116 valence electrons. The molecule has 0 aromatic rings. The first-order valence-corrected chi connectivity index (χ1v) is 5.80. The van der Waals surface area contributed by atoms with Gasteiger partial charge in [-0.15, -0.1) is 0 Å². The average Bonchev–Trinajstić information content (AvgIpc) is 2.41. The molecule has 0 unspecified atom stereocenters. The molecule has 7 heteroatoms. The van der Waals surface area contributed by atoms with Gasteiger partial charge in [-0.1, -0.05) is 13.2 Å². The predicted octanol–water partition coefficient (Wildman–Crippen LogP) is 2.04. The van der Waals surface area contributed by atoms with Gasteiger partial charge < -0.3 is 24.4 Å². The van der Waals surface area contributed by atoms with Crippen LogP contribution in [0.2, 0.25) is 0 Å². The molecular weight excluding hydrogens is 280 g/mol. The molecule has 0 rings (SSSR count). The highest BCUT2D eigenvalue weighted by atomic mass is 16.5. The number of aliphatic hydroxyl groups excluding tert-OH is 2. The van der Waals surface area contributed by atoms with Gasteiger partial charge >= 0.3 is 11.9 Å². The Hall–Kier alpha value is -2.54. The highest BCUT2D eigenvalue weighted by molar-refractivity contribution is 5.87. The molecule has 0 aromatic heterocycles. The van der Waals surface area contributed by atoms with Crippen molar-refractivity contribution in [3.63, 3.8) is 0 Å². The number of rotatable bonds is 8. The minimum absolute atomic E-state index is 0.180. The van der Waals surface area contributed by atoms with Crippen molar-refractivity contribution < 1.29 is 34.0 Å². The van der Waals surface area contributed by atoms with E-state index < -0.39 is 11.9 Å². The van der Waals surface area contributed by atoms with Crippen LogP contribution in [0.4, 0.5) is 0 Å². The summed E-state index contributed by atoms with van der Waals surface area (Å²) in [5.41, 5.74) is 0.361. The molecule has 2 N–H and O–H groups in total. The molecule has 0 spiro atoms. The van der Waals surface area contributed by atoms with Crippen LogP contribution < -0.4 is 0 Å². The summed E-state index contributed by atoms with van der Waals surface area (Å²) in [7, 11) is 0. The van der Waals surface area contributed by atoms with Crippen LogP contribution in [0.3, 0.4) is 0 Å². The summed E-state index contributed by atoms with van der Waals surface area (Å²) in [4.78, 5) is 22.0. The summed E-state index contributed by atoms with van der Waals surface area (Å²) in [6.45, 7) is 9.02. The largest absolute Gasteiger partial charge is 0.507 e. The minimum atomic E-state index is -0.684. The number of ether oxygens (including phenoxy) is 3. The van der Waals surface area contributed by atoms with Crippen molar-refractivity contribution >= 4 is 11.9 Å². The fourth-order valence-corrected chi connectivity index (χ4v) is 0.772. The third-order valence-electron chi connectivity index (χ3n) is 1.80. The lowest BCUT2D eigenvalue weighted by Crippen LogP contribution is -2.06. The second kappa shape index (κ2) is 9.38. The van der Waals surface area contributed by atoms with Crippen molar-refractivity contribution in [1.29, 1.82) is 0 Å². The molecule has 0 radical (unpaired) electrons. The summed E-state index contributed by atoms with van der Waals surface area (Å²) in [6.07, 6.45) is 1.61. The Balaban J connectivity index is 4.07. The third-order valence-corrected chi connectivity index (χ3v) is 1.80. The first-order chi connectivity index (χ1) is 9.73. The van der Waals surface area contributed by atoms with E-state index in [-0.39, 0.29) is 35.9 Å². The Labute approximate surface area is 122 Å². The Kier molecular flexibility index (Phi) is 8.24. The van der Waals surface area contributed by atoms with E-state index in [9.17, 15) is 19.8 Å². The van der Waals surface area contributed by atoms with Gasteiger partial charge in [0.1, 0.15) is 25.7 Å². The molecule has 7 nitrogen and oxygen atoms in total. The van der Waals surface area contributed by atoms with Gasteiger partial charge in [-0.2, -0.15) is 0 Å². The van der Waals surface area contributed by atoms with Gasteiger partial charge in [0.15, 0.2) is 11.5 Å². The number of carbonyl (C=O) groups excluding carboxylic acids is 2. The summed E-state index contributed by atoms with van der Waals surface area (Å²) in [5, 5.41) is 18.6. The maximum absolute atomic E-state index is 11.0. The maximum Gasteiger partial charge on any atom is 0.338 e. The van der Waals surface area contributed by atoms with Crippen molar-refractivity contribution in [3.05, 3.63) is 48.3 Å². The lowest BCUT2D eigenvalue weighted by Gasteiger charge is -2.04. The minimum Gasteiger partial charge on any atom is -0.507 e. The molecule has 0 saturated carbocycles. The summed E-state index contributed by atoms with van der Waals surface area (Å²) in [6, 6.07) is 0. The molecule has 21 heavy (non-hydrogen) atoms. The van der Waals surface area contributed by atoms with Crippen molar-refractivity contribution in [1.82, 2.24) is 0 Å². The second-order valence-electron chi connectivity index (χ2n) is 4.08. The Morgan fingerprint density at radius 2 is 1.24 bits per heavy atom. The van der Waals surface area contributed by atoms with Crippen LogP contribution in [0, 0.1) is 0 Å². The van der Waals surface area contributed by atoms with Crippen molar-refractivity contribution in [2.24, 2.45) is 0 Å². The van der Waals surface area contributed by atoms with E-state index in [1.165, 1.54) is 13.8 Å². The quantitative estimate of drug-likeness (QED) is 0.401. The highest BCUT2D eigenvalue weighted by Crippen LogP contribution is 2.00. The van der Waals surface area contributed by atoms with Gasteiger partial charge in [0.25, 0.3) is 0 Å². The third kappa shape index (κ3) is 9.06. The van der Waals surface area contributed by atoms with Gasteiger partial charge in [0.2, 0.25) is 0 Å². The van der Waals surface area contributed by atoms with Gasteiger partial charge in [0.05, 0.1) is 0 Å². The number of hydrogen-bond donors (Lipinski definition) is 2. The van der Waals surface area contributed by atoms with Crippen LogP contribution in [-0.2, 0) is 23.8 Å². The van der Waals surface area contributed by atoms with Gasteiger partial charge in [0, 0.05) is 11.1 Å². The Bertz CT molecular complexity index is 442. The Morgan fingerprint density at radius 3 is 1.52 bits per heavy atom. The predicted molar refractivity (Wildman–Crippen MR) is 74.1 cm³/mol. The van der Waals surface area contributed by atoms with Gasteiger partial charge in [-0.25, -0.2) is 9.59 Å².